The zero-order chi connectivity index (χ0) is 10.8. The molecule has 14 heavy (non-hydrogen) atoms. The van der Waals surface area contributed by atoms with Gasteiger partial charge in [0.2, 0.25) is 0 Å². The molecular weight excluding hydrogens is 172 g/mol. The minimum atomic E-state index is 0.333. The summed E-state index contributed by atoms with van der Waals surface area (Å²) in [6.45, 7) is 8.02. The second kappa shape index (κ2) is 8.73. The van der Waals surface area contributed by atoms with Crippen molar-refractivity contribution in [2.45, 2.75) is 33.4 Å². The molecule has 1 rings (SSSR count). The van der Waals surface area contributed by atoms with Crippen molar-refractivity contribution >= 4 is 0 Å². The molecule has 0 fully saturated rings. The maximum atomic E-state index is 5.11. The predicted octanol–water partition coefficient (Wildman–Crippen LogP) is 2.15. The summed E-state index contributed by atoms with van der Waals surface area (Å²) in [7, 11) is 0. The SMILES string of the molecule is CC(C)N.CCNCc1ccccc1. The van der Waals surface area contributed by atoms with Crippen molar-refractivity contribution in [3.63, 3.8) is 0 Å². The molecule has 80 valence electrons. The standard InChI is InChI=1S/C9H13N.C3H9N/c1-2-10-8-9-6-4-3-5-7-9;1-3(2)4/h3-7,10H,2,8H2,1H3;3H,4H2,1-2H3. The van der Waals surface area contributed by atoms with Crippen LogP contribution in [0, 0.1) is 0 Å². The number of hydrogen-bond donors (Lipinski definition) is 2. The van der Waals surface area contributed by atoms with Crippen LogP contribution in [0.5, 0.6) is 0 Å². The molecule has 1 aromatic carbocycles. The van der Waals surface area contributed by atoms with E-state index in [1.165, 1.54) is 5.56 Å². The van der Waals surface area contributed by atoms with Crippen molar-refractivity contribution < 1.29 is 0 Å². The van der Waals surface area contributed by atoms with E-state index in [1.807, 2.05) is 19.9 Å². The molecule has 1 aromatic rings. The smallest absolute Gasteiger partial charge is 0.0205 e. The van der Waals surface area contributed by atoms with Crippen LogP contribution in [0.15, 0.2) is 30.3 Å². The molecule has 0 atom stereocenters. The Hall–Kier alpha value is -0.860. The molecule has 0 aliphatic rings. The van der Waals surface area contributed by atoms with Gasteiger partial charge in [-0.2, -0.15) is 0 Å². The summed E-state index contributed by atoms with van der Waals surface area (Å²) in [6, 6.07) is 10.8. The van der Waals surface area contributed by atoms with Gasteiger partial charge < -0.3 is 11.1 Å². The fourth-order valence-corrected chi connectivity index (χ4v) is 0.865. The second-order valence-electron chi connectivity index (χ2n) is 3.51. The molecule has 0 spiro atoms. The van der Waals surface area contributed by atoms with Gasteiger partial charge in [-0.25, -0.2) is 0 Å². The van der Waals surface area contributed by atoms with Gasteiger partial charge in [-0.15, -0.1) is 0 Å². The lowest BCUT2D eigenvalue weighted by Crippen LogP contribution is -2.11. The molecule has 0 aliphatic heterocycles. The zero-order valence-electron chi connectivity index (χ0n) is 9.46. The molecule has 2 nitrogen and oxygen atoms in total. The summed E-state index contributed by atoms with van der Waals surface area (Å²) >= 11 is 0. The molecule has 0 bridgehead atoms. The van der Waals surface area contributed by atoms with Crippen LogP contribution >= 0.6 is 0 Å². The molecule has 0 heterocycles. The van der Waals surface area contributed by atoms with E-state index in [-0.39, 0.29) is 0 Å². The first-order valence-electron chi connectivity index (χ1n) is 5.17. The lowest BCUT2D eigenvalue weighted by Gasteiger charge is -1.99. The fourth-order valence-electron chi connectivity index (χ4n) is 0.865. The number of benzene rings is 1. The van der Waals surface area contributed by atoms with Crippen LogP contribution in [-0.2, 0) is 6.54 Å². The van der Waals surface area contributed by atoms with E-state index in [0.717, 1.165) is 13.1 Å². The molecule has 0 radical (unpaired) electrons. The van der Waals surface area contributed by atoms with Crippen LogP contribution in [0.2, 0.25) is 0 Å². The van der Waals surface area contributed by atoms with E-state index < -0.39 is 0 Å². The van der Waals surface area contributed by atoms with Crippen LogP contribution in [-0.4, -0.2) is 12.6 Å². The molecule has 0 aliphatic carbocycles. The summed E-state index contributed by atoms with van der Waals surface area (Å²) < 4.78 is 0. The molecule has 3 N–H and O–H groups in total. The van der Waals surface area contributed by atoms with Crippen molar-refractivity contribution in [3.8, 4) is 0 Å². The highest BCUT2D eigenvalue weighted by molar-refractivity contribution is 5.14. The van der Waals surface area contributed by atoms with Crippen LogP contribution in [0.4, 0.5) is 0 Å². The Morgan fingerprint density at radius 2 is 1.71 bits per heavy atom. The topological polar surface area (TPSA) is 38.0 Å². The van der Waals surface area contributed by atoms with Gasteiger partial charge in [-0.1, -0.05) is 51.1 Å². The summed E-state index contributed by atoms with van der Waals surface area (Å²) in [6.07, 6.45) is 0. The Morgan fingerprint density at radius 1 is 1.21 bits per heavy atom. The van der Waals surface area contributed by atoms with Gasteiger partial charge in [0.05, 0.1) is 0 Å². The van der Waals surface area contributed by atoms with Gasteiger partial charge in [-0.05, 0) is 18.2 Å². The lowest BCUT2D eigenvalue weighted by atomic mass is 10.2. The molecule has 2 heteroatoms. The molecular formula is C12H22N2. The average molecular weight is 194 g/mol. The monoisotopic (exact) mass is 194 g/mol. The Labute approximate surface area is 87.5 Å². The quantitative estimate of drug-likeness (QED) is 0.773. The van der Waals surface area contributed by atoms with Gasteiger partial charge in [0.25, 0.3) is 0 Å². The Balaban J connectivity index is 0.000000364. The number of nitrogens with two attached hydrogens (primary N) is 1. The van der Waals surface area contributed by atoms with Crippen LogP contribution in [0.1, 0.15) is 26.3 Å². The minimum Gasteiger partial charge on any atom is -0.328 e. The summed E-state index contributed by atoms with van der Waals surface area (Å²) in [5, 5.41) is 3.26. The molecule has 0 saturated heterocycles. The van der Waals surface area contributed by atoms with E-state index in [9.17, 15) is 0 Å². The van der Waals surface area contributed by atoms with E-state index in [2.05, 4.69) is 36.5 Å². The molecule has 0 amide bonds. The first-order chi connectivity index (χ1) is 6.66. The molecule has 0 aromatic heterocycles. The van der Waals surface area contributed by atoms with Crippen molar-refractivity contribution in [2.75, 3.05) is 6.54 Å². The van der Waals surface area contributed by atoms with Gasteiger partial charge in [0.1, 0.15) is 0 Å². The molecule has 0 saturated carbocycles. The Kier molecular flexibility index (Phi) is 8.19. The summed E-state index contributed by atoms with van der Waals surface area (Å²) in [5.74, 6) is 0. The third kappa shape index (κ3) is 9.23. The first-order valence-corrected chi connectivity index (χ1v) is 5.17. The predicted molar refractivity (Wildman–Crippen MR) is 63.1 cm³/mol. The summed E-state index contributed by atoms with van der Waals surface area (Å²) in [5.41, 5.74) is 6.46. The van der Waals surface area contributed by atoms with Crippen molar-refractivity contribution in [2.24, 2.45) is 5.73 Å². The fraction of sp³-hybridized carbons (Fsp3) is 0.500. The third-order valence-corrected chi connectivity index (χ3v) is 1.42. The average Bonchev–Trinajstić information content (AvgIpc) is 2.15. The van der Waals surface area contributed by atoms with Gasteiger partial charge in [0.15, 0.2) is 0 Å². The number of nitrogens with one attached hydrogen (secondary N) is 1. The highest BCUT2D eigenvalue weighted by Crippen LogP contribution is 1.96. The molecule has 0 unspecified atom stereocenters. The lowest BCUT2D eigenvalue weighted by molar-refractivity contribution is 0.727. The van der Waals surface area contributed by atoms with Crippen LogP contribution < -0.4 is 11.1 Å². The van der Waals surface area contributed by atoms with Gasteiger partial charge in [-0.3, -0.25) is 0 Å². The third-order valence-electron chi connectivity index (χ3n) is 1.42. The van der Waals surface area contributed by atoms with E-state index in [4.69, 9.17) is 5.73 Å². The highest BCUT2D eigenvalue weighted by Gasteiger charge is 1.85. The van der Waals surface area contributed by atoms with Crippen molar-refractivity contribution in [3.05, 3.63) is 35.9 Å². The minimum absolute atomic E-state index is 0.333. The largest absolute Gasteiger partial charge is 0.328 e. The maximum absolute atomic E-state index is 5.11. The second-order valence-corrected chi connectivity index (χ2v) is 3.51. The highest BCUT2D eigenvalue weighted by atomic mass is 14.8. The zero-order valence-corrected chi connectivity index (χ0v) is 9.46. The maximum Gasteiger partial charge on any atom is 0.0205 e. The van der Waals surface area contributed by atoms with E-state index in [1.54, 1.807) is 0 Å². The number of hydrogen-bond acceptors (Lipinski definition) is 2. The van der Waals surface area contributed by atoms with Crippen LogP contribution in [0.3, 0.4) is 0 Å². The normalized spacial score (nSPS) is 9.50. The Morgan fingerprint density at radius 3 is 2.14 bits per heavy atom. The summed E-state index contributed by atoms with van der Waals surface area (Å²) in [4.78, 5) is 0. The first kappa shape index (κ1) is 13.1. The van der Waals surface area contributed by atoms with Crippen molar-refractivity contribution in [1.82, 2.24) is 5.32 Å². The van der Waals surface area contributed by atoms with Gasteiger partial charge >= 0.3 is 0 Å². The number of rotatable bonds is 3. The van der Waals surface area contributed by atoms with E-state index in [0.29, 0.717) is 6.04 Å². The van der Waals surface area contributed by atoms with Gasteiger partial charge in [0, 0.05) is 6.54 Å². The Bertz CT molecular complexity index is 204. The van der Waals surface area contributed by atoms with Crippen LogP contribution in [0.25, 0.3) is 0 Å². The van der Waals surface area contributed by atoms with Crippen molar-refractivity contribution in [1.29, 1.82) is 0 Å². The van der Waals surface area contributed by atoms with E-state index >= 15 is 0 Å².